The molecule has 1 amide bonds. The molecule has 0 fully saturated rings. The molecule has 0 aliphatic rings. The van der Waals surface area contributed by atoms with Crippen molar-refractivity contribution in [1.82, 2.24) is 14.9 Å². The van der Waals surface area contributed by atoms with Crippen molar-refractivity contribution in [3.05, 3.63) is 54.0 Å². The van der Waals surface area contributed by atoms with E-state index in [1.807, 2.05) is 44.2 Å². The van der Waals surface area contributed by atoms with E-state index in [2.05, 4.69) is 29.1 Å². The van der Waals surface area contributed by atoms with Gasteiger partial charge in [-0.1, -0.05) is 37.3 Å². The largest absolute Gasteiger partial charge is 0.366 e. The molecule has 1 aromatic carbocycles. The monoisotopic (exact) mass is 326 g/mol. The summed E-state index contributed by atoms with van der Waals surface area (Å²) in [5.41, 5.74) is 1.47. The molecule has 0 bridgehead atoms. The average Bonchev–Trinajstić information content (AvgIpc) is 2.60. The number of hydrogen-bond acceptors (Lipinski definition) is 4. The maximum atomic E-state index is 12.8. The first-order valence-corrected chi connectivity index (χ1v) is 8.44. The van der Waals surface area contributed by atoms with Gasteiger partial charge >= 0.3 is 0 Å². The highest BCUT2D eigenvalue weighted by molar-refractivity contribution is 5.92. The number of nitrogens with zero attached hydrogens (tertiary/aromatic N) is 3. The summed E-state index contributed by atoms with van der Waals surface area (Å²) >= 11 is 0. The van der Waals surface area contributed by atoms with E-state index in [4.69, 9.17) is 0 Å². The Morgan fingerprint density at radius 2 is 1.83 bits per heavy atom. The van der Waals surface area contributed by atoms with Crippen molar-refractivity contribution in [3.8, 4) is 0 Å². The van der Waals surface area contributed by atoms with Crippen molar-refractivity contribution in [2.75, 3.05) is 5.32 Å². The zero-order valence-corrected chi connectivity index (χ0v) is 14.9. The van der Waals surface area contributed by atoms with Crippen LogP contribution in [0.2, 0.25) is 0 Å². The molecule has 0 aliphatic carbocycles. The lowest BCUT2D eigenvalue weighted by Gasteiger charge is -2.26. The van der Waals surface area contributed by atoms with E-state index in [1.54, 1.807) is 17.3 Å². The summed E-state index contributed by atoms with van der Waals surface area (Å²) in [6, 6.07) is 10.4. The molecular weight excluding hydrogens is 300 g/mol. The second-order valence-electron chi connectivity index (χ2n) is 6.25. The number of anilines is 1. The van der Waals surface area contributed by atoms with Gasteiger partial charge in [0.1, 0.15) is 11.5 Å². The summed E-state index contributed by atoms with van der Waals surface area (Å²) in [6.07, 6.45) is 4.18. The van der Waals surface area contributed by atoms with Crippen molar-refractivity contribution < 1.29 is 4.79 Å². The van der Waals surface area contributed by atoms with Crippen LogP contribution in [0.25, 0.3) is 0 Å². The Labute approximate surface area is 144 Å². The van der Waals surface area contributed by atoms with Gasteiger partial charge in [-0.3, -0.25) is 4.79 Å². The van der Waals surface area contributed by atoms with Crippen LogP contribution in [0.5, 0.6) is 0 Å². The lowest BCUT2D eigenvalue weighted by atomic mass is 10.2. The summed E-state index contributed by atoms with van der Waals surface area (Å²) < 4.78 is 0. The molecule has 128 valence electrons. The standard InChI is InChI=1S/C19H26N4O/c1-5-15(4)22-18-12-20-17(11-21-18)19(24)23(14(2)3)13-16-9-7-6-8-10-16/h6-12,14-15H,5,13H2,1-4H3,(H,21,22). The van der Waals surface area contributed by atoms with Gasteiger partial charge in [0.15, 0.2) is 0 Å². The first-order chi connectivity index (χ1) is 11.5. The van der Waals surface area contributed by atoms with Crippen molar-refractivity contribution >= 4 is 11.7 Å². The van der Waals surface area contributed by atoms with Gasteiger partial charge in [0.2, 0.25) is 0 Å². The van der Waals surface area contributed by atoms with E-state index in [-0.39, 0.29) is 11.9 Å². The molecule has 2 aromatic rings. The normalized spacial score (nSPS) is 12.0. The van der Waals surface area contributed by atoms with Crippen LogP contribution < -0.4 is 5.32 Å². The third kappa shape index (κ3) is 4.78. The Bertz CT molecular complexity index is 640. The van der Waals surface area contributed by atoms with E-state index in [1.165, 1.54) is 0 Å². The Morgan fingerprint density at radius 1 is 1.12 bits per heavy atom. The highest BCUT2D eigenvalue weighted by Gasteiger charge is 2.20. The highest BCUT2D eigenvalue weighted by Crippen LogP contribution is 2.13. The molecule has 24 heavy (non-hydrogen) atoms. The maximum absolute atomic E-state index is 12.8. The number of aromatic nitrogens is 2. The second-order valence-corrected chi connectivity index (χ2v) is 6.25. The van der Waals surface area contributed by atoms with Gasteiger partial charge in [0.25, 0.3) is 5.91 Å². The Balaban J connectivity index is 2.12. The summed E-state index contributed by atoms with van der Waals surface area (Å²) in [4.78, 5) is 23.2. The van der Waals surface area contributed by atoms with E-state index in [9.17, 15) is 4.79 Å². The third-order valence-electron chi connectivity index (χ3n) is 3.96. The average molecular weight is 326 g/mol. The molecule has 0 radical (unpaired) electrons. The van der Waals surface area contributed by atoms with E-state index >= 15 is 0 Å². The Kier molecular flexibility index (Phi) is 6.29. The summed E-state index contributed by atoms with van der Waals surface area (Å²) in [5.74, 6) is 0.594. The van der Waals surface area contributed by atoms with Crippen LogP contribution in [0.4, 0.5) is 5.82 Å². The van der Waals surface area contributed by atoms with Crippen LogP contribution in [0.3, 0.4) is 0 Å². The predicted molar refractivity (Wildman–Crippen MR) is 96.9 cm³/mol. The van der Waals surface area contributed by atoms with Crippen molar-refractivity contribution in [2.45, 2.75) is 52.7 Å². The van der Waals surface area contributed by atoms with Gasteiger partial charge in [-0.05, 0) is 32.8 Å². The molecule has 1 heterocycles. The van der Waals surface area contributed by atoms with Crippen LogP contribution in [-0.2, 0) is 6.54 Å². The molecular formula is C19H26N4O. The number of rotatable bonds is 7. The topological polar surface area (TPSA) is 58.1 Å². The number of amides is 1. The predicted octanol–water partition coefficient (Wildman–Crippen LogP) is 3.74. The molecule has 0 saturated carbocycles. The van der Waals surface area contributed by atoms with Gasteiger partial charge in [-0.2, -0.15) is 0 Å². The molecule has 0 spiro atoms. The van der Waals surface area contributed by atoms with Crippen LogP contribution in [0.1, 0.15) is 50.2 Å². The zero-order chi connectivity index (χ0) is 17.5. The summed E-state index contributed by atoms with van der Waals surface area (Å²) in [7, 11) is 0. The maximum Gasteiger partial charge on any atom is 0.274 e. The highest BCUT2D eigenvalue weighted by atomic mass is 16.2. The molecule has 2 rings (SSSR count). The molecule has 0 saturated heterocycles. The van der Waals surface area contributed by atoms with Gasteiger partial charge in [-0.25, -0.2) is 9.97 Å². The molecule has 1 aromatic heterocycles. The molecule has 1 atom stereocenters. The fraction of sp³-hybridized carbons (Fsp3) is 0.421. The smallest absolute Gasteiger partial charge is 0.274 e. The van der Waals surface area contributed by atoms with E-state index < -0.39 is 0 Å². The molecule has 0 aliphatic heterocycles. The molecule has 5 heteroatoms. The Hall–Kier alpha value is -2.43. The molecule has 5 nitrogen and oxygen atoms in total. The SMILES string of the molecule is CCC(C)Nc1cnc(C(=O)N(Cc2ccccc2)C(C)C)cn1. The van der Waals surface area contributed by atoms with Gasteiger partial charge < -0.3 is 10.2 Å². The van der Waals surface area contributed by atoms with E-state index in [0.717, 1.165) is 12.0 Å². The minimum atomic E-state index is -0.101. The quantitative estimate of drug-likeness (QED) is 0.842. The van der Waals surface area contributed by atoms with Crippen LogP contribution in [0, 0.1) is 0 Å². The van der Waals surface area contributed by atoms with Gasteiger partial charge in [0, 0.05) is 18.6 Å². The number of carbonyl (C=O) groups is 1. The third-order valence-corrected chi connectivity index (χ3v) is 3.96. The summed E-state index contributed by atoms with van der Waals surface area (Å²) in [6.45, 7) is 8.76. The van der Waals surface area contributed by atoms with Gasteiger partial charge in [-0.15, -0.1) is 0 Å². The minimum Gasteiger partial charge on any atom is -0.366 e. The fourth-order valence-corrected chi connectivity index (χ4v) is 2.28. The fourth-order valence-electron chi connectivity index (χ4n) is 2.28. The molecule has 1 unspecified atom stereocenters. The number of carbonyl (C=O) groups excluding carboxylic acids is 1. The second kappa shape index (κ2) is 8.43. The number of hydrogen-bond donors (Lipinski definition) is 1. The first-order valence-electron chi connectivity index (χ1n) is 8.44. The van der Waals surface area contributed by atoms with Crippen molar-refractivity contribution in [2.24, 2.45) is 0 Å². The van der Waals surface area contributed by atoms with Crippen LogP contribution in [-0.4, -0.2) is 32.9 Å². The first kappa shape index (κ1) is 17.9. The summed E-state index contributed by atoms with van der Waals surface area (Å²) in [5, 5.41) is 3.25. The minimum absolute atomic E-state index is 0.0809. The van der Waals surface area contributed by atoms with Crippen molar-refractivity contribution in [3.63, 3.8) is 0 Å². The van der Waals surface area contributed by atoms with Gasteiger partial charge in [0.05, 0.1) is 12.4 Å². The van der Waals surface area contributed by atoms with E-state index in [0.29, 0.717) is 24.1 Å². The zero-order valence-electron chi connectivity index (χ0n) is 14.9. The van der Waals surface area contributed by atoms with Crippen molar-refractivity contribution in [1.29, 1.82) is 0 Å². The molecule has 1 N–H and O–H groups in total. The Morgan fingerprint density at radius 3 is 2.38 bits per heavy atom. The number of nitrogens with one attached hydrogen (secondary N) is 1. The number of benzene rings is 1. The van der Waals surface area contributed by atoms with Crippen LogP contribution in [0.15, 0.2) is 42.7 Å². The van der Waals surface area contributed by atoms with Crippen LogP contribution >= 0.6 is 0 Å². The lowest BCUT2D eigenvalue weighted by Crippen LogP contribution is -2.37. The lowest BCUT2D eigenvalue weighted by molar-refractivity contribution is 0.0684.